The first-order valence-corrected chi connectivity index (χ1v) is 6.53. The number of likely N-dealkylation sites (tertiary alicyclic amines) is 1. The van der Waals surface area contributed by atoms with E-state index in [2.05, 4.69) is 32.0 Å². The minimum absolute atomic E-state index is 0.0910. The largest absolute Gasteiger partial charge is 0.463 e. The minimum Gasteiger partial charge on any atom is -0.463 e. The Morgan fingerprint density at radius 3 is 3.21 bits per heavy atom. The zero-order valence-electron chi connectivity index (χ0n) is 11.4. The van der Waals surface area contributed by atoms with E-state index in [0.29, 0.717) is 11.7 Å². The summed E-state index contributed by atoms with van der Waals surface area (Å²) in [4.78, 5) is 21.7. The van der Waals surface area contributed by atoms with Crippen molar-refractivity contribution in [1.29, 1.82) is 0 Å². The Kier molecular flexibility index (Phi) is 4.68. The lowest BCUT2D eigenvalue weighted by Gasteiger charge is -2.29. The van der Waals surface area contributed by atoms with Crippen LogP contribution >= 0.6 is 0 Å². The summed E-state index contributed by atoms with van der Waals surface area (Å²) in [6.45, 7) is 3.14. The molecule has 0 radical (unpaired) electrons. The fraction of sp³-hybridized carbons (Fsp3) is 0.615. The number of hydrogen-bond donors (Lipinski definition) is 1. The molecule has 2 rings (SSSR count). The van der Waals surface area contributed by atoms with Crippen molar-refractivity contribution in [1.82, 2.24) is 14.9 Å². The van der Waals surface area contributed by atoms with Crippen LogP contribution in [-0.4, -0.2) is 54.6 Å². The third-order valence-corrected chi connectivity index (χ3v) is 3.32. The van der Waals surface area contributed by atoms with Crippen LogP contribution in [0.3, 0.4) is 0 Å². The number of ether oxygens (including phenoxy) is 1. The number of methoxy groups -OCH3 is 1. The molecule has 1 unspecified atom stereocenters. The molecule has 1 fully saturated rings. The normalized spacial score (nSPS) is 20.0. The Morgan fingerprint density at radius 1 is 1.63 bits per heavy atom. The molecule has 1 saturated heterocycles. The highest BCUT2D eigenvalue weighted by molar-refractivity contribution is 5.85. The van der Waals surface area contributed by atoms with Crippen LogP contribution in [-0.2, 0) is 4.74 Å². The summed E-state index contributed by atoms with van der Waals surface area (Å²) in [6, 6.07) is 1.76. The summed E-state index contributed by atoms with van der Waals surface area (Å²) in [7, 11) is 3.47. The zero-order chi connectivity index (χ0) is 13.7. The number of rotatable bonds is 4. The number of esters is 1. The number of nitrogens with one attached hydrogen (secondary N) is 1. The molecule has 19 heavy (non-hydrogen) atoms. The van der Waals surface area contributed by atoms with E-state index in [9.17, 15) is 4.79 Å². The minimum atomic E-state index is -0.513. The summed E-state index contributed by atoms with van der Waals surface area (Å²) >= 11 is 0. The summed E-state index contributed by atoms with van der Waals surface area (Å²) in [5.74, 6) is 0.869. The van der Waals surface area contributed by atoms with Crippen molar-refractivity contribution in [3.63, 3.8) is 0 Å². The van der Waals surface area contributed by atoms with Crippen LogP contribution < -0.4 is 5.32 Å². The lowest BCUT2D eigenvalue weighted by molar-refractivity contribution is 0.0587. The molecule has 0 amide bonds. The van der Waals surface area contributed by atoms with Crippen molar-refractivity contribution >= 4 is 11.8 Å². The number of piperidine rings is 1. The van der Waals surface area contributed by atoms with Crippen molar-refractivity contribution in [2.45, 2.75) is 12.8 Å². The maximum atomic E-state index is 11.3. The second-order valence-corrected chi connectivity index (χ2v) is 4.91. The molecule has 0 spiro atoms. The van der Waals surface area contributed by atoms with Crippen molar-refractivity contribution in [3.8, 4) is 0 Å². The van der Waals surface area contributed by atoms with Gasteiger partial charge in [0.25, 0.3) is 0 Å². The number of hydrogen-bond acceptors (Lipinski definition) is 6. The zero-order valence-corrected chi connectivity index (χ0v) is 11.4. The van der Waals surface area contributed by atoms with Gasteiger partial charge in [-0.2, -0.15) is 0 Å². The van der Waals surface area contributed by atoms with Gasteiger partial charge in [0.1, 0.15) is 5.82 Å². The molecule has 0 bridgehead atoms. The number of aromatic nitrogens is 2. The molecular weight excluding hydrogens is 244 g/mol. The summed E-state index contributed by atoms with van der Waals surface area (Å²) in [5.41, 5.74) is 0. The molecule has 6 nitrogen and oxygen atoms in total. The molecular formula is C13H20N4O2. The molecule has 1 atom stereocenters. The van der Waals surface area contributed by atoms with Crippen molar-refractivity contribution < 1.29 is 9.53 Å². The lowest BCUT2D eigenvalue weighted by Crippen LogP contribution is -2.35. The smallest absolute Gasteiger partial charge is 0.376 e. The van der Waals surface area contributed by atoms with Crippen molar-refractivity contribution in [2.75, 3.05) is 39.1 Å². The topological polar surface area (TPSA) is 67.3 Å². The summed E-state index contributed by atoms with van der Waals surface area (Å²) < 4.78 is 4.60. The van der Waals surface area contributed by atoms with E-state index in [4.69, 9.17) is 0 Å². The summed E-state index contributed by atoms with van der Waals surface area (Å²) in [6.07, 6.45) is 4.03. The van der Waals surface area contributed by atoms with E-state index in [-0.39, 0.29) is 5.82 Å². The fourth-order valence-electron chi connectivity index (χ4n) is 2.34. The van der Waals surface area contributed by atoms with Crippen LogP contribution in [0.5, 0.6) is 0 Å². The van der Waals surface area contributed by atoms with E-state index in [1.165, 1.54) is 26.5 Å². The van der Waals surface area contributed by atoms with Gasteiger partial charge in [-0.3, -0.25) is 0 Å². The Labute approximate surface area is 113 Å². The number of carbonyl (C=O) groups is 1. The second-order valence-electron chi connectivity index (χ2n) is 4.91. The maximum Gasteiger partial charge on any atom is 0.376 e. The average Bonchev–Trinajstić information content (AvgIpc) is 2.45. The Morgan fingerprint density at radius 2 is 2.47 bits per heavy atom. The van der Waals surface area contributed by atoms with Gasteiger partial charge in [0.2, 0.25) is 5.82 Å². The first kappa shape index (κ1) is 13.7. The van der Waals surface area contributed by atoms with Gasteiger partial charge in [-0.25, -0.2) is 14.8 Å². The molecule has 1 aliphatic rings. The first-order chi connectivity index (χ1) is 9.19. The molecule has 1 aromatic rings. The van der Waals surface area contributed by atoms with Crippen LogP contribution in [0.2, 0.25) is 0 Å². The molecule has 2 heterocycles. The van der Waals surface area contributed by atoms with E-state index in [1.54, 1.807) is 12.3 Å². The molecule has 104 valence electrons. The van der Waals surface area contributed by atoms with E-state index in [1.807, 2.05) is 0 Å². The SMILES string of the molecule is COC(=O)c1nccc(NCC2CCCN(C)C2)n1. The number of anilines is 1. The molecule has 0 saturated carbocycles. The Balaban J connectivity index is 1.90. The first-order valence-electron chi connectivity index (χ1n) is 6.53. The van der Waals surface area contributed by atoms with Crippen LogP contribution in [0.1, 0.15) is 23.5 Å². The van der Waals surface area contributed by atoms with Crippen molar-refractivity contribution in [3.05, 3.63) is 18.1 Å². The van der Waals surface area contributed by atoms with Gasteiger partial charge in [-0.1, -0.05) is 0 Å². The number of carbonyl (C=O) groups excluding carboxylic acids is 1. The lowest BCUT2D eigenvalue weighted by atomic mass is 9.98. The van der Waals surface area contributed by atoms with Crippen LogP contribution in [0.4, 0.5) is 5.82 Å². The van der Waals surface area contributed by atoms with E-state index >= 15 is 0 Å². The molecule has 1 aliphatic heterocycles. The van der Waals surface area contributed by atoms with Crippen LogP contribution in [0.25, 0.3) is 0 Å². The maximum absolute atomic E-state index is 11.3. The van der Waals surface area contributed by atoms with Gasteiger partial charge in [0.05, 0.1) is 7.11 Å². The standard InChI is InChI=1S/C13H20N4O2/c1-17-7-3-4-10(9-17)8-15-11-5-6-14-12(16-11)13(18)19-2/h5-6,10H,3-4,7-9H2,1-2H3,(H,14,15,16). The van der Waals surface area contributed by atoms with Gasteiger partial charge in [0, 0.05) is 19.3 Å². The quantitative estimate of drug-likeness (QED) is 0.819. The van der Waals surface area contributed by atoms with Gasteiger partial charge in [-0.15, -0.1) is 0 Å². The molecule has 6 heteroatoms. The fourth-order valence-corrected chi connectivity index (χ4v) is 2.34. The van der Waals surface area contributed by atoms with E-state index < -0.39 is 5.97 Å². The van der Waals surface area contributed by atoms with Gasteiger partial charge in [0.15, 0.2) is 0 Å². The number of nitrogens with zero attached hydrogens (tertiary/aromatic N) is 3. The third-order valence-electron chi connectivity index (χ3n) is 3.32. The highest BCUT2D eigenvalue weighted by Crippen LogP contribution is 2.15. The predicted octanol–water partition coefficient (Wildman–Crippen LogP) is 1.02. The van der Waals surface area contributed by atoms with Crippen LogP contribution in [0, 0.1) is 5.92 Å². The average molecular weight is 264 g/mol. The molecule has 0 aliphatic carbocycles. The van der Waals surface area contributed by atoms with E-state index in [0.717, 1.165) is 13.1 Å². The van der Waals surface area contributed by atoms with Gasteiger partial charge < -0.3 is 15.0 Å². The highest BCUT2D eigenvalue weighted by atomic mass is 16.5. The molecule has 1 N–H and O–H groups in total. The third kappa shape index (κ3) is 3.89. The molecule has 0 aromatic carbocycles. The Hall–Kier alpha value is -1.69. The van der Waals surface area contributed by atoms with Gasteiger partial charge in [-0.05, 0) is 38.4 Å². The Bertz CT molecular complexity index is 438. The summed E-state index contributed by atoms with van der Waals surface area (Å²) in [5, 5.41) is 3.27. The second kappa shape index (κ2) is 6.47. The highest BCUT2D eigenvalue weighted by Gasteiger charge is 2.17. The monoisotopic (exact) mass is 264 g/mol. The van der Waals surface area contributed by atoms with Crippen LogP contribution in [0.15, 0.2) is 12.3 Å². The van der Waals surface area contributed by atoms with Gasteiger partial charge >= 0.3 is 5.97 Å². The van der Waals surface area contributed by atoms with Crippen molar-refractivity contribution in [2.24, 2.45) is 5.92 Å². The molecule has 1 aromatic heterocycles. The predicted molar refractivity (Wildman–Crippen MR) is 72.1 cm³/mol.